The van der Waals surface area contributed by atoms with E-state index < -0.39 is 17.7 Å². The number of benzene rings is 1. The molecule has 90 valence electrons. The van der Waals surface area contributed by atoms with E-state index in [4.69, 9.17) is 0 Å². The zero-order chi connectivity index (χ0) is 12.3. The van der Waals surface area contributed by atoms with Crippen LogP contribution in [0.3, 0.4) is 0 Å². The molecule has 0 saturated heterocycles. The Balaban J connectivity index is 2.73. The highest BCUT2D eigenvalue weighted by Gasteiger charge is 2.17. The molecule has 0 saturated carbocycles. The number of aromatic hydroxyl groups is 1. The first-order valence-corrected chi connectivity index (χ1v) is 5.22. The van der Waals surface area contributed by atoms with Gasteiger partial charge < -0.3 is 15.5 Å². The molecule has 0 aliphatic carbocycles. The summed E-state index contributed by atoms with van der Waals surface area (Å²) in [6.07, 6.45) is -0.966. The largest absolute Gasteiger partial charge is 0.505 e. The number of rotatable bonds is 3. The number of aliphatic hydroxyl groups excluding tert-OH is 1. The van der Waals surface area contributed by atoms with Crippen molar-refractivity contribution in [2.75, 3.05) is 6.54 Å². The lowest BCUT2D eigenvalue weighted by Gasteiger charge is -2.23. The van der Waals surface area contributed by atoms with Crippen LogP contribution in [0.25, 0.3) is 0 Å². The first-order valence-electron chi connectivity index (χ1n) is 5.22. The Hall–Kier alpha value is -1.13. The highest BCUT2D eigenvalue weighted by molar-refractivity contribution is 5.31. The van der Waals surface area contributed by atoms with Gasteiger partial charge in [-0.25, -0.2) is 4.39 Å². The third-order valence-corrected chi connectivity index (χ3v) is 2.19. The van der Waals surface area contributed by atoms with Crippen molar-refractivity contribution in [1.82, 2.24) is 5.32 Å². The van der Waals surface area contributed by atoms with Gasteiger partial charge in [0.1, 0.15) is 0 Å². The van der Waals surface area contributed by atoms with Crippen LogP contribution >= 0.6 is 0 Å². The SMILES string of the molecule is CC(C)(C)NC[C@H](O)c1cccc(O)c1F. The van der Waals surface area contributed by atoms with Crippen LogP contribution in [0, 0.1) is 5.82 Å². The summed E-state index contributed by atoms with van der Waals surface area (Å²) in [5, 5.41) is 22.0. The smallest absolute Gasteiger partial charge is 0.170 e. The zero-order valence-corrected chi connectivity index (χ0v) is 9.79. The lowest BCUT2D eigenvalue weighted by atomic mass is 10.1. The van der Waals surface area contributed by atoms with Crippen molar-refractivity contribution < 1.29 is 14.6 Å². The summed E-state index contributed by atoms with van der Waals surface area (Å²) in [5.41, 5.74) is -0.0365. The molecule has 1 aromatic rings. The van der Waals surface area contributed by atoms with Crippen molar-refractivity contribution in [3.05, 3.63) is 29.6 Å². The molecule has 4 heteroatoms. The second kappa shape index (κ2) is 4.80. The molecular formula is C12H18FNO2. The van der Waals surface area contributed by atoms with Gasteiger partial charge in [0.15, 0.2) is 11.6 Å². The molecule has 0 aliphatic rings. The Morgan fingerprint density at radius 1 is 1.38 bits per heavy atom. The molecule has 1 rings (SSSR count). The molecule has 0 heterocycles. The first-order chi connectivity index (χ1) is 7.31. The van der Waals surface area contributed by atoms with Crippen LogP contribution in [0.1, 0.15) is 32.4 Å². The van der Waals surface area contributed by atoms with Gasteiger partial charge in [-0.15, -0.1) is 0 Å². The van der Waals surface area contributed by atoms with Crippen molar-refractivity contribution in [1.29, 1.82) is 0 Å². The van der Waals surface area contributed by atoms with E-state index in [1.54, 1.807) is 0 Å². The summed E-state index contributed by atoms with van der Waals surface area (Å²) in [5.74, 6) is -1.20. The maximum absolute atomic E-state index is 13.4. The number of aliphatic hydroxyl groups is 1. The third-order valence-electron chi connectivity index (χ3n) is 2.19. The van der Waals surface area contributed by atoms with Gasteiger partial charge >= 0.3 is 0 Å². The van der Waals surface area contributed by atoms with Gasteiger partial charge in [0.2, 0.25) is 0 Å². The molecule has 0 aromatic heterocycles. The van der Waals surface area contributed by atoms with Crippen molar-refractivity contribution in [2.45, 2.75) is 32.4 Å². The Labute approximate surface area is 94.9 Å². The highest BCUT2D eigenvalue weighted by atomic mass is 19.1. The fourth-order valence-corrected chi connectivity index (χ4v) is 1.31. The van der Waals surface area contributed by atoms with Gasteiger partial charge in [0.25, 0.3) is 0 Å². The summed E-state index contributed by atoms with van der Waals surface area (Å²) in [7, 11) is 0. The van der Waals surface area contributed by atoms with E-state index in [0.29, 0.717) is 0 Å². The van der Waals surface area contributed by atoms with Crippen LogP contribution in [0.4, 0.5) is 4.39 Å². The average Bonchev–Trinajstić information content (AvgIpc) is 2.17. The molecule has 0 bridgehead atoms. The van der Waals surface area contributed by atoms with Crippen LogP contribution in [-0.4, -0.2) is 22.3 Å². The van der Waals surface area contributed by atoms with Crippen molar-refractivity contribution in [3.8, 4) is 5.75 Å². The van der Waals surface area contributed by atoms with Gasteiger partial charge in [0, 0.05) is 17.6 Å². The number of hydrogen-bond acceptors (Lipinski definition) is 3. The topological polar surface area (TPSA) is 52.5 Å². The Kier molecular flexibility index (Phi) is 3.88. The Morgan fingerprint density at radius 2 is 2.00 bits per heavy atom. The van der Waals surface area contributed by atoms with E-state index in [1.165, 1.54) is 18.2 Å². The molecular weight excluding hydrogens is 209 g/mol. The monoisotopic (exact) mass is 227 g/mol. The summed E-state index contributed by atoms with van der Waals surface area (Å²) in [6.45, 7) is 6.11. The van der Waals surface area contributed by atoms with Crippen molar-refractivity contribution in [2.24, 2.45) is 0 Å². The minimum atomic E-state index is -0.966. The Morgan fingerprint density at radius 3 is 2.56 bits per heavy atom. The van der Waals surface area contributed by atoms with E-state index in [9.17, 15) is 14.6 Å². The van der Waals surface area contributed by atoms with Gasteiger partial charge in [-0.2, -0.15) is 0 Å². The van der Waals surface area contributed by atoms with Gasteiger partial charge in [-0.3, -0.25) is 0 Å². The number of halogens is 1. The predicted octanol–water partition coefficient (Wildman–Crippen LogP) is 1.95. The molecule has 3 N–H and O–H groups in total. The van der Waals surface area contributed by atoms with E-state index in [0.717, 1.165) is 0 Å². The molecule has 1 aromatic carbocycles. The lowest BCUT2D eigenvalue weighted by molar-refractivity contribution is 0.158. The van der Waals surface area contributed by atoms with Crippen LogP contribution < -0.4 is 5.32 Å². The second-order valence-electron chi connectivity index (χ2n) is 4.83. The molecule has 16 heavy (non-hydrogen) atoms. The highest BCUT2D eigenvalue weighted by Crippen LogP contribution is 2.23. The summed E-state index contributed by atoms with van der Waals surface area (Å²) < 4.78 is 13.4. The second-order valence-corrected chi connectivity index (χ2v) is 4.83. The number of phenols is 1. The quantitative estimate of drug-likeness (QED) is 0.739. The average molecular weight is 227 g/mol. The summed E-state index contributed by atoms with van der Waals surface area (Å²) >= 11 is 0. The fraction of sp³-hybridized carbons (Fsp3) is 0.500. The van der Waals surface area contributed by atoms with E-state index >= 15 is 0 Å². The van der Waals surface area contributed by atoms with Crippen LogP contribution in [0.5, 0.6) is 5.75 Å². The first kappa shape index (κ1) is 12.9. The number of β-amino-alcohol motifs (C(OH)–C–C–N with tert-alkyl or cyclic N) is 1. The van der Waals surface area contributed by atoms with Gasteiger partial charge in [-0.1, -0.05) is 12.1 Å². The number of hydrogen-bond donors (Lipinski definition) is 3. The molecule has 0 fully saturated rings. The summed E-state index contributed by atoms with van der Waals surface area (Å²) in [6, 6.07) is 4.22. The lowest BCUT2D eigenvalue weighted by Crippen LogP contribution is -2.38. The van der Waals surface area contributed by atoms with Gasteiger partial charge in [0.05, 0.1) is 6.10 Å². The molecule has 3 nitrogen and oxygen atoms in total. The standard InChI is InChI=1S/C12H18FNO2/c1-12(2,3)14-7-10(16)8-5-4-6-9(15)11(8)13/h4-6,10,14-16H,7H2,1-3H3/t10-/m0/s1. The number of phenolic OH excluding ortho intramolecular Hbond substituents is 1. The normalized spacial score (nSPS) is 13.8. The minimum absolute atomic E-state index is 0.108. The molecule has 0 amide bonds. The fourth-order valence-electron chi connectivity index (χ4n) is 1.31. The van der Waals surface area contributed by atoms with Crippen molar-refractivity contribution in [3.63, 3.8) is 0 Å². The van der Waals surface area contributed by atoms with Crippen LogP contribution in [-0.2, 0) is 0 Å². The molecule has 0 spiro atoms. The van der Waals surface area contributed by atoms with E-state index in [1.807, 2.05) is 20.8 Å². The van der Waals surface area contributed by atoms with Crippen molar-refractivity contribution >= 4 is 0 Å². The minimum Gasteiger partial charge on any atom is -0.505 e. The van der Waals surface area contributed by atoms with E-state index in [-0.39, 0.29) is 17.6 Å². The molecule has 0 radical (unpaired) electrons. The van der Waals surface area contributed by atoms with Crippen LogP contribution in [0.15, 0.2) is 18.2 Å². The van der Waals surface area contributed by atoms with Crippen LogP contribution in [0.2, 0.25) is 0 Å². The Bertz CT molecular complexity index is 361. The predicted molar refractivity (Wildman–Crippen MR) is 60.8 cm³/mol. The molecule has 0 aliphatic heterocycles. The zero-order valence-electron chi connectivity index (χ0n) is 9.79. The maximum atomic E-state index is 13.4. The summed E-state index contributed by atoms with van der Waals surface area (Å²) in [4.78, 5) is 0. The number of nitrogens with one attached hydrogen (secondary N) is 1. The molecule has 0 unspecified atom stereocenters. The van der Waals surface area contributed by atoms with E-state index in [2.05, 4.69) is 5.32 Å². The molecule has 1 atom stereocenters. The maximum Gasteiger partial charge on any atom is 0.170 e. The third kappa shape index (κ3) is 3.47. The van der Waals surface area contributed by atoms with Gasteiger partial charge in [-0.05, 0) is 26.8 Å².